The van der Waals surface area contributed by atoms with E-state index in [1.54, 1.807) is 48.7 Å². The van der Waals surface area contributed by atoms with Crippen LogP contribution < -0.4 is 0 Å². The number of pyridine rings is 1. The average Bonchev–Trinajstić information content (AvgIpc) is 2.88. The molecule has 2 heterocycles. The molecule has 0 aliphatic carbocycles. The number of likely N-dealkylation sites (tertiary alicyclic amines) is 1. The van der Waals surface area contributed by atoms with Gasteiger partial charge in [0.15, 0.2) is 0 Å². The average molecular weight is 319 g/mol. The molecule has 0 radical (unpaired) electrons. The maximum absolute atomic E-state index is 12.5. The van der Waals surface area contributed by atoms with Crippen LogP contribution in [0.2, 0.25) is 0 Å². The Kier molecular flexibility index (Phi) is 4.08. The molecule has 1 aliphatic rings. The van der Waals surface area contributed by atoms with Crippen molar-refractivity contribution in [3.63, 3.8) is 0 Å². The Labute approximate surface area is 138 Å². The van der Waals surface area contributed by atoms with Gasteiger partial charge in [-0.3, -0.25) is 14.6 Å². The third kappa shape index (κ3) is 2.52. The van der Waals surface area contributed by atoms with Crippen LogP contribution in [0, 0.1) is 11.3 Å². The lowest BCUT2D eigenvalue weighted by Gasteiger charge is -2.22. The summed E-state index contributed by atoms with van der Waals surface area (Å²) in [5.74, 6) is -1.87. The van der Waals surface area contributed by atoms with E-state index in [9.17, 15) is 14.7 Å². The topological polar surface area (TPSA) is 94.3 Å². The van der Waals surface area contributed by atoms with Gasteiger partial charge in [0.2, 0.25) is 0 Å². The Morgan fingerprint density at radius 2 is 1.96 bits per heavy atom. The van der Waals surface area contributed by atoms with Gasteiger partial charge in [-0.25, -0.2) is 0 Å². The lowest BCUT2D eigenvalue weighted by Crippen LogP contribution is -2.30. The summed E-state index contributed by atoms with van der Waals surface area (Å²) in [4.78, 5) is 29.9. The van der Waals surface area contributed by atoms with E-state index in [4.69, 9.17) is 5.26 Å². The number of nitriles is 1. The van der Waals surface area contributed by atoms with E-state index in [1.165, 1.54) is 6.20 Å². The zero-order valence-electron chi connectivity index (χ0n) is 12.6. The number of hydrogen-bond donors (Lipinski definition) is 1. The van der Waals surface area contributed by atoms with Gasteiger partial charge in [0.1, 0.15) is 12.3 Å². The minimum Gasteiger partial charge on any atom is -0.507 e. The van der Waals surface area contributed by atoms with Crippen molar-refractivity contribution in [2.45, 2.75) is 6.04 Å². The monoisotopic (exact) mass is 319 g/mol. The summed E-state index contributed by atoms with van der Waals surface area (Å²) in [6.07, 6.45) is 3.08. The number of benzene rings is 1. The van der Waals surface area contributed by atoms with Gasteiger partial charge in [-0.1, -0.05) is 36.4 Å². The number of nitrogens with zero attached hydrogens (tertiary/aromatic N) is 3. The Hall–Kier alpha value is -3.46. The molecule has 1 N–H and O–H groups in total. The standard InChI is InChI=1S/C18H13N3O3/c19-8-10-21-15(13-7-4-9-20-11-13)14(17(23)18(21)24)16(22)12-5-2-1-3-6-12/h1-7,9,11,15,22H,10H2/b16-14-. The largest absolute Gasteiger partial charge is 0.507 e. The van der Waals surface area contributed by atoms with Gasteiger partial charge in [0.25, 0.3) is 11.7 Å². The summed E-state index contributed by atoms with van der Waals surface area (Å²) in [6, 6.07) is 12.9. The van der Waals surface area contributed by atoms with E-state index in [0.717, 1.165) is 4.90 Å². The van der Waals surface area contributed by atoms with Crippen molar-refractivity contribution < 1.29 is 14.7 Å². The van der Waals surface area contributed by atoms with Crippen molar-refractivity contribution in [1.82, 2.24) is 9.88 Å². The molecule has 1 fully saturated rings. The number of rotatable bonds is 3. The fraction of sp³-hybridized carbons (Fsp3) is 0.111. The van der Waals surface area contributed by atoms with Crippen LogP contribution in [0.5, 0.6) is 0 Å². The second-order valence-corrected chi connectivity index (χ2v) is 5.24. The highest BCUT2D eigenvalue weighted by atomic mass is 16.3. The highest BCUT2D eigenvalue weighted by Crippen LogP contribution is 2.38. The van der Waals surface area contributed by atoms with E-state index < -0.39 is 17.7 Å². The fourth-order valence-electron chi connectivity index (χ4n) is 2.76. The molecular formula is C18H13N3O3. The summed E-state index contributed by atoms with van der Waals surface area (Å²) in [5.41, 5.74) is 0.959. The van der Waals surface area contributed by atoms with Crippen molar-refractivity contribution in [2.75, 3.05) is 6.54 Å². The van der Waals surface area contributed by atoms with Crippen LogP contribution in [-0.4, -0.2) is 33.2 Å². The number of carbonyl (C=O) groups excluding carboxylic acids is 2. The summed E-state index contributed by atoms with van der Waals surface area (Å²) in [7, 11) is 0. The maximum atomic E-state index is 12.5. The first kappa shape index (κ1) is 15.4. The Balaban J connectivity index is 2.20. The molecular weight excluding hydrogens is 306 g/mol. The number of carbonyl (C=O) groups is 2. The second-order valence-electron chi connectivity index (χ2n) is 5.24. The van der Waals surface area contributed by atoms with Crippen molar-refractivity contribution in [3.05, 3.63) is 71.6 Å². The summed E-state index contributed by atoms with van der Waals surface area (Å²) in [6.45, 7) is -0.254. The van der Waals surface area contributed by atoms with E-state index in [-0.39, 0.29) is 17.9 Å². The molecule has 1 saturated heterocycles. The smallest absolute Gasteiger partial charge is 0.296 e. The normalized spacial score (nSPS) is 19.3. The van der Waals surface area contributed by atoms with Crippen LogP contribution in [0.25, 0.3) is 5.76 Å². The van der Waals surface area contributed by atoms with Gasteiger partial charge in [-0.2, -0.15) is 5.26 Å². The molecule has 24 heavy (non-hydrogen) atoms. The predicted octanol–water partition coefficient (Wildman–Crippen LogP) is 2.03. The highest BCUT2D eigenvalue weighted by molar-refractivity contribution is 6.46. The molecule has 1 amide bonds. The summed E-state index contributed by atoms with van der Waals surface area (Å²) < 4.78 is 0. The molecule has 0 saturated carbocycles. The molecule has 0 spiro atoms. The number of aliphatic hydroxyl groups is 1. The van der Waals surface area contributed by atoms with Crippen LogP contribution in [0.15, 0.2) is 60.4 Å². The molecule has 2 aromatic rings. The molecule has 3 rings (SSSR count). The van der Waals surface area contributed by atoms with Crippen molar-refractivity contribution in [1.29, 1.82) is 5.26 Å². The minimum absolute atomic E-state index is 0.0329. The Bertz CT molecular complexity index is 854. The maximum Gasteiger partial charge on any atom is 0.296 e. The first-order valence-electron chi connectivity index (χ1n) is 7.26. The van der Waals surface area contributed by atoms with Gasteiger partial charge < -0.3 is 10.0 Å². The second kappa shape index (κ2) is 6.34. The fourth-order valence-corrected chi connectivity index (χ4v) is 2.76. The summed E-state index contributed by atoms with van der Waals surface area (Å²) >= 11 is 0. The van der Waals surface area contributed by atoms with E-state index >= 15 is 0 Å². The molecule has 118 valence electrons. The van der Waals surface area contributed by atoms with Crippen LogP contribution in [0.1, 0.15) is 17.2 Å². The molecule has 0 bridgehead atoms. The third-order valence-corrected chi connectivity index (χ3v) is 3.83. The Morgan fingerprint density at radius 1 is 1.21 bits per heavy atom. The van der Waals surface area contributed by atoms with Crippen LogP contribution in [0.4, 0.5) is 0 Å². The number of amides is 1. The highest BCUT2D eigenvalue weighted by Gasteiger charge is 2.46. The first-order valence-corrected chi connectivity index (χ1v) is 7.26. The van der Waals surface area contributed by atoms with Crippen molar-refractivity contribution in [2.24, 2.45) is 0 Å². The van der Waals surface area contributed by atoms with Crippen LogP contribution in [-0.2, 0) is 9.59 Å². The zero-order valence-corrected chi connectivity index (χ0v) is 12.6. The van der Waals surface area contributed by atoms with Crippen molar-refractivity contribution in [3.8, 4) is 6.07 Å². The number of aliphatic hydroxyl groups excluding tert-OH is 1. The van der Waals surface area contributed by atoms with Crippen LogP contribution in [0.3, 0.4) is 0 Å². The summed E-state index contributed by atoms with van der Waals surface area (Å²) in [5, 5.41) is 19.6. The van der Waals surface area contributed by atoms with Gasteiger partial charge >= 0.3 is 0 Å². The SMILES string of the molecule is N#CCN1C(=O)C(=O)/C(=C(\O)c2ccccc2)C1c1cccnc1. The third-order valence-electron chi connectivity index (χ3n) is 3.83. The van der Waals surface area contributed by atoms with Crippen LogP contribution >= 0.6 is 0 Å². The number of Topliss-reactive ketones (excluding diaryl/α,β-unsaturated/α-hetero) is 1. The van der Waals surface area contributed by atoms with Crippen molar-refractivity contribution >= 4 is 17.4 Å². The molecule has 6 nitrogen and oxygen atoms in total. The van der Waals surface area contributed by atoms with E-state index in [2.05, 4.69) is 4.98 Å². The van der Waals surface area contributed by atoms with E-state index in [1.807, 2.05) is 6.07 Å². The number of hydrogen-bond acceptors (Lipinski definition) is 5. The lowest BCUT2D eigenvalue weighted by molar-refractivity contribution is -0.139. The van der Waals surface area contributed by atoms with Gasteiger partial charge in [-0.15, -0.1) is 0 Å². The number of ketones is 1. The first-order chi connectivity index (χ1) is 11.6. The molecule has 1 aromatic carbocycles. The predicted molar refractivity (Wildman–Crippen MR) is 85.3 cm³/mol. The minimum atomic E-state index is -0.835. The molecule has 1 unspecified atom stereocenters. The molecule has 6 heteroatoms. The molecule has 1 aromatic heterocycles. The van der Waals surface area contributed by atoms with Gasteiger partial charge in [-0.05, 0) is 11.6 Å². The van der Waals surface area contributed by atoms with Gasteiger partial charge in [0.05, 0.1) is 17.7 Å². The quantitative estimate of drug-likeness (QED) is 0.404. The molecule has 1 atom stereocenters. The van der Waals surface area contributed by atoms with Gasteiger partial charge in [0, 0.05) is 18.0 Å². The zero-order chi connectivity index (χ0) is 17.1. The number of aromatic nitrogens is 1. The lowest BCUT2D eigenvalue weighted by atomic mass is 9.96. The Morgan fingerprint density at radius 3 is 2.58 bits per heavy atom. The molecule has 1 aliphatic heterocycles. The van der Waals surface area contributed by atoms with E-state index in [0.29, 0.717) is 11.1 Å².